The first-order valence-electron chi connectivity index (χ1n) is 6.01. The van der Waals surface area contributed by atoms with Crippen molar-refractivity contribution in [3.05, 3.63) is 34.9 Å². The lowest BCUT2D eigenvalue weighted by Gasteiger charge is -2.32. The number of piperazine rings is 1. The second kappa shape index (κ2) is 5.92. The molecule has 1 atom stereocenters. The Kier molecular flexibility index (Phi) is 4.24. The largest absolute Gasteiger partial charge is 0.480 e. The van der Waals surface area contributed by atoms with Crippen LogP contribution in [0.2, 0.25) is 5.02 Å². The Bertz CT molecular complexity index is 561. The topological polar surface area (TPSA) is 86.7 Å². The molecule has 1 saturated heterocycles. The van der Waals surface area contributed by atoms with Crippen molar-refractivity contribution in [3.63, 3.8) is 0 Å². The van der Waals surface area contributed by atoms with Crippen molar-refractivity contribution in [1.29, 1.82) is 0 Å². The maximum Gasteiger partial charge on any atom is 0.328 e. The van der Waals surface area contributed by atoms with Gasteiger partial charge in [0, 0.05) is 11.6 Å². The first kappa shape index (κ1) is 14.3. The zero-order valence-electron chi connectivity index (χ0n) is 10.5. The Morgan fingerprint density at radius 2 is 2.10 bits per heavy atom. The number of carbonyl (C=O) groups excluding carboxylic acids is 2. The Hall–Kier alpha value is -2.08. The molecule has 1 aliphatic rings. The number of rotatable bonds is 3. The van der Waals surface area contributed by atoms with Crippen molar-refractivity contribution in [2.24, 2.45) is 0 Å². The van der Waals surface area contributed by atoms with Gasteiger partial charge in [0.15, 0.2) is 0 Å². The molecule has 2 rings (SSSR count). The molecule has 2 amide bonds. The predicted molar refractivity (Wildman–Crippen MR) is 71.3 cm³/mol. The van der Waals surface area contributed by atoms with Gasteiger partial charge < -0.3 is 15.3 Å². The van der Waals surface area contributed by atoms with E-state index < -0.39 is 17.9 Å². The molecule has 1 fully saturated rings. The summed E-state index contributed by atoms with van der Waals surface area (Å²) in [6.45, 7) is -0.331. The summed E-state index contributed by atoms with van der Waals surface area (Å²) in [7, 11) is 0. The van der Waals surface area contributed by atoms with Crippen LogP contribution in [-0.2, 0) is 20.8 Å². The molecule has 0 saturated carbocycles. The number of nitrogens with zero attached hydrogens (tertiary/aromatic N) is 1. The number of carbonyl (C=O) groups is 3. The third-order valence-corrected chi connectivity index (χ3v) is 3.46. The van der Waals surface area contributed by atoms with Gasteiger partial charge in [-0.3, -0.25) is 9.59 Å². The monoisotopic (exact) mass is 296 g/mol. The molecule has 6 nitrogen and oxygen atoms in total. The zero-order valence-corrected chi connectivity index (χ0v) is 11.3. The third-order valence-electron chi connectivity index (χ3n) is 3.09. The first-order chi connectivity index (χ1) is 9.49. The molecule has 0 bridgehead atoms. The van der Waals surface area contributed by atoms with Crippen LogP contribution in [-0.4, -0.2) is 46.9 Å². The van der Waals surface area contributed by atoms with Gasteiger partial charge >= 0.3 is 5.97 Å². The van der Waals surface area contributed by atoms with Gasteiger partial charge in [-0.1, -0.05) is 29.8 Å². The number of amides is 2. The van der Waals surface area contributed by atoms with Crippen LogP contribution >= 0.6 is 11.6 Å². The van der Waals surface area contributed by atoms with E-state index in [1.807, 2.05) is 0 Å². The van der Waals surface area contributed by atoms with Gasteiger partial charge in [-0.15, -0.1) is 0 Å². The highest BCUT2D eigenvalue weighted by Gasteiger charge is 2.35. The van der Waals surface area contributed by atoms with E-state index in [9.17, 15) is 14.4 Å². The van der Waals surface area contributed by atoms with E-state index in [1.54, 1.807) is 24.3 Å². The van der Waals surface area contributed by atoms with Gasteiger partial charge in [0.05, 0.1) is 6.42 Å². The summed E-state index contributed by atoms with van der Waals surface area (Å²) in [5, 5.41) is 12.0. The van der Waals surface area contributed by atoms with Gasteiger partial charge in [0.25, 0.3) is 0 Å². The predicted octanol–water partition coefficient (Wildman–Crippen LogP) is 0.294. The van der Waals surface area contributed by atoms with E-state index >= 15 is 0 Å². The summed E-state index contributed by atoms with van der Waals surface area (Å²) in [6.07, 6.45) is -0.0310. The van der Waals surface area contributed by atoms with Crippen molar-refractivity contribution in [2.75, 3.05) is 13.1 Å². The molecule has 0 aromatic heterocycles. The number of nitrogens with one attached hydrogen (secondary N) is 1. The Morgan fingerprint density at radius 1 is 1.40 bits per heavy atom. The van der Waals surface area contributed by atoms with Gasteiger partial charge in [-0.25, -0.2) is 4.79 Å². The fourth-order valence-electron chi connectivity index (χ4n) is 2.03. The summed E-state index contributed by atoms with van der Waals surface area (Å²) in [5.41, 5.74) is 0.606. The van der Waals surface area contributed by atoms with Gasteiger partial charge in [-0.05, 0) is 11.6 Å². The molecule has 106 valence electrons. The average Bonchev–Trinajstić information content (AvgIpc) is 2.40. The first-order valence-corrected chi connectivity index (χ1v) is 6.39. The standard InChI is InChI=1S/C13H13ClN2O4/c14-9-4-2-1-3-8(9)5-12(18)16-7-11(17)15-6-10(16)13(19)20/h1-4,10H,5-7H2,(H,15,17)(H,19,20). The summed E-state index contributed by atoms with van der Waals surface area (Å²) in [4.78, 5) is 35.7. The van der Waals surface area contributed by atoms with Gasteiger partial charge in [0.1, 0.15) is 12.6 Å². The molecule has 1 aliphatic heterocycles. The Morgan fingerprint density at radius 3 is 2.75 bits per heavy atom. The summed E-state index contributed by atoms with van der Waals surface area (Å²) in [6, 6.07) is 5.79. The van der Waals surface area contributed by atoms with Crippen molar-refractivity contribution in [2.45, 2.75) is 12.5 Å². The molecule has 0 spiro atoms. The van der Waals surface area contributed by atoms with E-state index in [0.29, 0.717) is 10.6 Å². The second-order valence-electron chi connectivity index (χ2n) is 4.45. The molecule has 1 aromatic rings. The van der Waals surface area contributed by atoms with Crippen LogP contribution in [0, 0.1) is 0 Å². The van der Waals surface area contributed by atoms with Gasteiger partial charge in [-0.2, -0.15) is 0 Å². The van der Waals surface area contributed by atoms with E-state index in [4.69, 9.17) is 16.7 Å². The summed E-state index contributed by atoms with van der Waals surface area (Å²) < 4.78 is 0. The Labute approximate surface area is 120 Å². The maximum absolute atomic E-state index is 12.2. The minimum Gasteiger partial charge on any atom is -0.480 e. The minimum absolute atomic E-state index is 0.0310. The van der Waals surface area contributed by atoms with Crippen LogP contribution < -0.4 is 5.32 Å². The molecule has 0 aliphatic carbocycles. The SMILES string of the molecule is O=C1CN(C(=O)Cc2ccccc2Cl)C(C(=O)O)CN1. The van der Waals surface area contributed by atoms with Crippen molar-refractivity contribution >= 4 is 29.4 Å². The minimum atomic E-state index is -1.14. The lowest BCUT2D eigenvalue weighted by atomic mass is 10.1. The molecule has 1 heterocycles. The maximum atomic E-state index is 12.2. The van der Waals surface area contributed by atoms with E-state index in [0.717, 1.165) is 4.90 Å². The number of halogens is 1. The number of benzene rings is 1. The van der Waals surface area contributed by atoms with E-state index in [2.05, 4.69) is 5.32 Å². The van der Waals surface area contributed by atoms with Crippen LogP contribution in [0.4, 0.5) is 0 Å². The number of hydrogen-bond donors (Lipinski definition) is 2. The smallest absolute Gasteiger partial charge is 0.328 e. The molecule has 7 heteroatoms. The summed E-state index contributed by atoms with van der Waals surface area (Å²) >= 11 is 5.97. The number of hydrogen-bond acceptors (Lipinski definition) is 3. The number of carboxylic acid groups (broad SMARTS) is 1. The number of aliphatic carboxylic acids is 1. The van der Waals surface area contributed by atoms with Crippen LogP contribution in [0.5, 0.6) is 0 Å². The molecular weight excluding hydrogens is 284 g/mol. The normalized spacial score (nSPS) is 18.6. The van der Waals surface area contributed by atoms with Crippen LogP contribution in [0.25, 0.3) is 0 Å². The second-order valence-corrected chi connectivity index (χ2v) is 4.86. The quantitative estimate of drug-likeness (QED) is 0.839. The lowest BCUT2D eigenvalue weighted by molar-refractivity contribution is -0.153. The van der Waals surface area contributed by atoms with E-state index in [1.165, 1.54) is 0 Å². The molecule has 1 aromatic carbocycles. The van der Waals surface area contributed by atoms with Crippen LogP contribution in [0.15, 0.2) is 24.3 Å². The zero-order chi connectivity index (χ0) is 14.7. The molecule has 1 unspecified atom stereocenters. The van der Waals surface area contributed by atoms with Crippen LogP contribution in [0.1, 0.15) is 5.56 Å². The molecule has 0 radical (unpaired) electrons. The summed E-state index contributed by atoms with van der Waals surface area (Å²) in [5.74, 6) is -1.94. The van der Waals surface area contributed by atoms with E-state index in [-0.39, 0.29) is 25.4 Å². The van der Waals surface area contributed by atoms with Crippen molar-refractivity contribution in [1.82, 2.24) is 10.2 Å². The lowest BCUT2D eigenvalue weighted by Crippen LogP contribution is -2.59. The number of carboxylic acids is 1. The van der Waals surface area contributed by atoms with Crippen molar-refractivity contribution in [3.8, 4) is 0 Å². The molecule has 20 heavy (non-hydrogen) atoms. The van der Waals surface area contributed by atoms with Crippen molar-refractivity contribution < 1.29 is 19.5 Å². The average molecular weight is 297 g/mol. The highest BCUT2D eigenvalue weighted by Crippen LogP contribution is 2.17. The fourth-order valence-corrected chi connectivity index (χ4v) is 2.23. The third kappa shape index (κ3) is 3.08. The molecule has 2 N–H and O–H groups in total. The van der Waals surface area contributed by atoms with Gasteiger partial charge in [0.2, 0.25) is 11.8 Å². The highest BCUT2D eigenvalue weighted by molar-refractivity contribution is 6.31. The highest BCUT2D eigenvalue weighted by atomic mass is 35.5. The Balaban J connectivity index is 2.15. The van der Waals surface area contributed by atoms with Crippen LogP contribution in [0.3, 0.4) is 0 Å². The molecular formula is C13H13ClN2O4. The fraction of sp³-hybridized carbons (Fsp3) is 0.308.